The van der Waals surface area contributed by atoms with Crippen molar-refractivity contribution in [3.63, 3.8) is 0 Å². The molecule has 5 rings (SSSR count). The molecular formula is C28H24N4O3S. The Labute approximate surface area is 212 Å². The van der Waals surface area contributed by atoms with Crippen molar-refractivity contribution in [3.05, 3.63) is 119 Å². The molecule has 0 fully saturated rings. The zero-order valence-corrected chi connectivity index (χ0v) is 20.3. The number of nitrogens with zero attached hydrogens (tertiary/aromatic N) is 4. The van der Waals surface area contributed by atoms with Crippen molar-refractivity contribution < 1.29 is 9.53 Å². The van der Waals surface area contributed by atoms with E-state index in [-0.39, 0.29) is 30.3 Å². The van der Waals surface area contributed by atoms with Crippen LogP contribution in [0.25, 0.3) is 10.2 Å². The molecule has 0 N–H and O–H groups in total. The number of para-hydroxylation sites is 2. The number of ether oxygens (including phenoxy) is 1. The average Bonchev–Trinajstić information content (AvgIpc) is 3.35. The Morgan fingerprint density at radius 1 is 0.889 bits per heavy atom. The fourth-order valence-electron chi connectivity index (χ4n) is 3.77. The van der Waals surface area contributed by atoms with E-state index < -0.39 is 0 Å². The van der Waals surface area contributed by atoms with Crippen molar-refractivity contribution in [2.75, 3.05) is 18.1 Å². The first-order valence-corrected chi connectivity index (χ1v) is 12.5. The highest BCUT2D eigenvalue weighted by molar-refractivity contribution is 7.22. The third-order valence-electron chi connectivity index (χ3n) is 5.63. The summed E-state index contributed by atoms with van der Waals surface area (Å²) in [5.41, 5.74) is 1.85. The standard InChI is InChI=1S/C28H24N4O3S/c33-26-16-15-24(30-32(26)19-20-35-22-11-5-2-6-12-22)27(34)31(18-17-21-9-3-1-4-10-21)28-29-23-13-7-8-14-25(23)36-28/h1-16H,17-20H2. The van der Waals surface area contributed by atoms with Crippen molar-refractivity contribution in [3.8, 4) is 5.75 Å². The van der Waals surface area contributed by atoms with E-state index in [2.05, 4.69) is 5.10 Å². The Balaban J connectivity index is 1.39. The molecule has 3 aromatic carbocycles. The van der Waals surface area contributed by atoms with Crippen LogP contribution in [0, 0.1) is 0 Å². The molecule has 0 saturated heterocycles. The van der Waals surface area contributed by atoms with Crippen molar-refractivity contribution in [1.82, 2.24) is 14.8 Å². The molecule has 0 atom stereocenters. The molecule has 0 unspecified atom stereocenters. The molecule has 8 heteroatoms. The number of rotatable bonds is 9. The molecule has 0 saturated carbocycles. The highest BCUT2D eigenvalue weighted by atomic mass is 32.1. The van der Waals surface area contributed by atoms with Gasteiger partial charge < -0.3 is 4.74 Å². The van der Waals surface area contributed by atoms with Gasteiger partial charge in [-0.3, -0.25) is 14.5 Å². The van der Waals surface area contributed by atoms with E-state index in [1.165, 1.54) is 28.2 Å². The topological polar surface area (TPSA) is 77.3 Å². The SMILES string of the molecule is O=C(c1ccc(=O)n(CCOc2ccccc2)n1)N(CCc1ccccc1)c1nc2ccccc2s1. The predicted molar refractivity (Wildman–Crippen MR) is 142 cm³/mol. The first-order valence-electron chi connectivity index (χ1n) is 11.6. The number of benzene rings is 3. The van der Waals surface area contributed by atoms with Gasteiger partial charge >= 0.3 is 0 Å². The fraction of sp³-hybridized carbons (Fsp3) is 0.143. The largest absolute Gasteiger partial charge is 0.492 e. The Morgan fingerprint density at radius 3 is 2.39 bits per heavy atom. The van der Waals surface area contributed by atoms with Crippen LogP contribution in [-0.2, 0) is 13.0 Å². The first kappa shape index (κ1) is 23.4. The number of hydrogen-bond acceptors (Lipinski definition) is 6. The van der Waals surface area contributed by atoms with Crippen LogP contribution in [0.4, 0.5) is 5.13 Å². The molecule has 0 aliphatic heterocycles. The van der Waals surface area contributed by atoms with Crippen LogP contribution >= 0.6 is 11.3 Å². The van der Waals surface area contributed by atoms with Crippen molar-refractivity contribution in [2.24, 2.45) is 0 Å². The van der Waals surface area contributed by atoms with E-state index in [9.17, 15) is 9.59 Å². The Morgan fingerprint density at radius 2 is 1.61 bits per heavy atom. The summed E-state index contributed by atoms with van der Waals surface area (Å²) in [5, 5.41) is 4.97. The first-order chi connectivity index (χ1) is 17.7. The summed E-state index contributed by atoms with van der Waals surface area (Å²) in [6.45, 7) is 0.907. The number of anilines is 1. The van der Waals surface area contributed by atoms with Crippen LogP contribution in [0.2, 0.25) is 0 Å². The maximum Gasteiger partial charge on any atom is 0.280 e. The Kier molecular flexibility index (Phi) is 7.14. The van der Waals surface area contributed by atoms with Crippen molar-refractivity contribution >= 4 is 32.6 Å². The van der Waals surface area contributed by atoms with Gasteiger partial charge in [0.15, 0.2) is 5.13 Å². The number of carbonyl (C=O) groups excluding carboxylic acids is 1. The second-order valence-electron chi connectivity index (χ2n) is 8.10. The minimum Gasteiger partial charge on any atom is -0.492 e. The summed E-state index contributed by atoms with van der Waals surface area (Å²) in [7, 11) is 0. The van der Waals surface area contributed by atoms with Gasteiger partial charge in [-0.05, 0) is 42.3 Å². The van der Waals surface area contributed by atoms with E-state index in [1.807, 2.05) is 84.9 Å². The van der Waals surface area contributed by atoms with Crippen LogP contribution in [0.15, 0.2) is 102 Å². The Bertz CT molecular complexity index is 1480. The number of carbonyl (C=O) groups is 1. The lowest BCUT2D eigenvalue weighted by atomic mass is 10.1. The van der Waals surface area contributed by atoms with Crippen molar-refractivity contribution in [2.45, 2.75) is 13.0 Å². The third-order valence-corrected chi connectivity index (χ3v) is 6.69. The lowest BCUT2D eigenvalue weighted by molar-refractivity contribution is 0.0979. The highest BCUT2D eigenvalue weighted by Crippen LogP contribution is 2.29. The van der Waals surface area contributed by atoms with Crippen LogP contribution in [0.5, 0.6) is 5.75 Å². The maximum absolute atomic E-state index is 13.7. The second-order valence-corrected chi connectivity index (χ2v) is 9.11. The number of fused-ring (bicyclic) bond motifs is 1. The summed E-state index contributed by atoms with van der Waals surface area (Å²) in [6, 6.07) is 30.0. The summed E-state index contributed by atoms with van der Waals surface area (Å²) in [5.74, 6) is 0.406. The van der Waals surface area contributed by atoms with Gasteiger partial charge in [-0.2, -0.15) is 5.10 Å². The van der Waals surface area contributed by atoms with Gasteiger partial charge in [0.2, 0.25) is 0 Å². The lowest BCUT2D eigenvalue weighted by Gasteiger charge is -2.20. The smallest absolute Gasteiger partial charge is 0.280 e. The molecule has 180 valence electrons. The molecule has 0 spiro atoms. The lowest BCUT2D eigenvalue weighted by Crippen LogP contribution is -2.35. The van der Waals surface area contributed by atoms with Gasteiger partial charge in [0, 0.05) is 12.6 Å². The minimum absolute atomic E-state index is 0.182. The summed E-state index contributed by atoms with van der Waals surface area (Å²) in [4.78, 5) is 32.5. The van der Waals surface area contributed by atoms with Crippen LogP contribution in [-0.4, -0.2) is 33.8 Å². The molecule has 0 aliphatic carbocycles. The predicted octanol–water partition coefficient (Wildman–Crippen LogP) is 4.82. The van der Waals surface area contributed by atoms with E-state index in [0.29, 0.717) is 23.8 Å². The number of amides is 1. The van der Waals surface area contributed by atoms with Gasteiger partial charge in [0.1, 0.15) is 18.1 Å². The van der Waals surface area contributed by atoms with E-state index in [4.69, 9.17) is 9.72 Å². The second kappa shape index (κ2) is 11.0. The van der Waals surface area contributed by atoms with Gasteiger partial charge in [-0.1, -0.05) is 72.0 Å². The van der Waals surface area contributed by atoms with Gasteiger partial charge in [0.25, 0.3) is 11.5 Å². The molecule has 0 bridgehead atoms. The van der Waals surface area contributed by atoms with E-state index >= 15 is 0 Å². The summed E-state index contributed by atoms with van der Waals surface area (Å²) < 4.78 is 7.97. The number of hydrogen-bond donors (Lipinski definition) is 0. The molecule has 0 aliphatic rings. The molecular weight excluding hydrogens is 472 g/mol. The molecule has 5 aromatic rings. The number of aromatic nitrogens is 3. The zero-order valence-electron chi connectivity index (χ0n) is 19.5. The van der Waals surface area contributed by atoms with Gasteiger partial charge in [-0.25, -0.2) is 9.67 Å². The van der Waals surface area contributed by atoms with E-state index in [0.717, 1.165) is 15.8 Å². The quantitative estimate of drug-likeness (QED) is 0.292. The highest BCUT2D eigenvalue weighted by Gasteiger charge is 2.23. The number of thiazole rings is 1. The molecule has 0 radical (unpaired) electrons. The van der Waals surface area contributed by atoms with Crippen LogP contribution in [0.3, 0.4) is 0 Å². The average molecular weight is 497 g/mol. The maximum atomic E-state index is 13.7. The monoisotopic (exact) mass is 496 g/mol. The zero-order chi connectivity index (χ0) is 24.7. The molecule has 1 amide bonds. The summed E-state index contributed by atoms with van der Waals surface area (Å²) >= 11 is 1.46. The Hall–Kier alpha value is -4.30. The minimum atomic E-state index is -0.303. The van der Waals surface area contributed by atoms with Crippen molar-refractivity contribution in [1.29, 1.82) is 0 Å². The molecule has 36 heavy (non-hydrogen) atoms. The molecule has 2 aromatic heterocycles. The van der Waals surface area contributed by atoms with Gasteiger partial charge in [-0.15, -0.1) is 0 Å². The normalized spacial score (nSPS) is 10.9. The van der Waals surface area contributed by atoms with Crippen LogP contribution in [0.1, 0.15) is 16.1 Å². The van der Waals surface area contributed by atoms with Crippen LogP contribution < -0.4 is 15.2 Å². The third kappa shape index (κ3) is 5.50. The molecule has 2 heterocycles. The molecule has 7 nitrogen and oxygen atoms in total. The van der Waals surface area contributed by atoms with E-state index in [1.54, 1.807) is 4.90 Å². The summed E-state index contributed by atoms with van der Waals surface area (Å²) in [6.07, 6.45) is 0.660. The van der Waals surface area contributed by atoms with Gasteiger partial charge in [0.05, 0.1) is 16.8 Å². The fourth-order valence-corrected chi connectivity index (χ4v) is 4.76.